The minimum absolute atomic E-state index is 0.296. The quantitative estimate of drug-likeness (QED) is 0.602. The van der Waals surface area contributed by atoms with Gasteiger partial charge in [-0.2, -0.15) is 0 Å². The monoisotopic (exact) mass is 277 g/mol. The Morgan fingerprint density at radius 1 is 1.60 bits per heavy atom. The van der Waals surface area contributed by atoms with Crippen molar-refractivity contribution in [2.24, 2.45) is 5.73 Å². The second-order valence-electron chi connectivity index (χ2n) is 1.63. The Morgan fingerprint density at radius 2 is 2.20 bits per heavy atom. The number of hydrogen-bond donors (Lipinski definition) is 1. The maximum Gasteiger partial charge on any atom is 0.436 e. The van der Waals surface area contributed by atoms with E-state index in [9.17, 15) is 8.40 Å². The van der Waals surface area contributed by atoms with Gasteiger partial charge in [0.05, 0.1) is 0 Å². The van der Waals surface area contributed by atoms with Gasteiger partial charge in [0.25, 0.3) is 0 Å². The summed E-state index contributed by atoms with van der Waals surface area (Å²) in [5.41, 5.74) is 5.19. The molecule has 0 aliphatic rings. The van der Waals surface area contributed by atoms with Crippen molar-refractivity contribution in [3.63, 3.8) is 0 Å². The van der Waals surface area contributed by atoms with E-state index >= 15 is 0 Å². The zero-order chi connectivity index (χ0) is 7.98. The van der Waals surface area contributed by atoms with Gasteiger partial charge in [0, 0.05) is 5.33 Å². The molecular formula is C4H9Br2NO3. The van der Waals surface area contributed by atoms with Crippen molar-refractivity contribution in [1.29, 1.82) is 0 Å². The highest BCUT2D eigenvalue weighted by Gasteiger charge is 2.20. The number of nitrogens with two attached hydrogens (primary N) is 1. The lowest BCUT2D eigenvalue weighted by molar-refractivity contribution is -1.63. The standard InChI is InChI=1S/C4H9Br2NO3/c5-3-4(1-2-7)10-6(8)9/h4H,1-3,7H2/t4-/m0/s1. The number of halogens is 2. The second kappa shape index (κ2) is 6.51. The van der Waals surface area contributed by atoms with Gasteiger partial charge in [-0.3, -0.25) is 0 Å². The van der Waals surface area contributed by atoms with Crippen molar-refractivity contribution >= 4 is 15.9 Å². The van der Waals surface area contributed by atoms with E-state index < -0.39 is 14.8 Å². The summed E-state index contributed by atoms with van der Waals surface area (Å²) in [6, 6.07) is 0. The van der Waals surface area contributed by atoms with Crippen LogP contribution in [0.4, 0.5) is 0 Å². The first-order valence-corrected chi connectivity index (χ1v) is 5.75. The molecule has 0 fully saturated rings. The van der Waals surface area contributed by atoms with Gasteiger partial charge in [0.2, 0.25) is 0 Å². The summed E-state index contributed by atoms with van der Waals surface area (Å²) in [6.45, 7) is 0.436. The minimum Gasteiger partial charge on any atom is -0.372 e. The van der Waals surface area contributed by atoms with E-state index in [0.29, 0.717) is 18.3 Å². The van der Waals surface area contributed by atoms with Gasteiger partial charge in [-0.05, 0) is 16.8 Å². The molecular weight excluding hydrogens is 270 g/mol. The Bertz CT molecular complexity index is 82.9. The molecule has 0 radical (unpaired) electrons. The van der Waals surface area contributed by atoms with Crippen molar-refractivity contribution < 1.29 is 27.0 Å². The lowest BCUT2D eigenvalue weighted by atomic mass is 10.3. The first-order chi connectivity index (χ1) is 4.70. The molecule has 0 saturated carbocycles. The molecule has 0 aromatic carbocycles. The van der Waals surface area contributed by atoms with Crippen LogP contribution in [0.5, 0.6) is 0 Å². The minimum atomic E-state index is -3.07. The molecule has 10 heavy (non-hydrogen) atoms. The molecule has 0 saturated heterocycles. The topological polar surface area (TPSA) is 81.4 Å². The second-order valence-corrected chi connectivity index (χ2v) is 3.45. The van der Waals surface area contributed by atoms with Crippen LogP contribution in [-0.4, -0.2) is 18.0 Å². The molecule has 4 nitrogen and oxygen atoms in total. The van der Waals surface area contributed by atoms with Gasteiger partial charge in [0.15, 0.2) is 6.10 Å². The highest BCUT2D eigenvalue weighted by molar-refractivity contribution is 9.09. The predicted octanol–water partition coefficient (Wildman–Crippen LogP) is -1.80. The molecule has 62 valence electrons. The van der Waals surface area contributed by atoms with Crippen LogP contribution in [0.25, 0.3) is 0 Å². The van der Waals surface area contributed by atoms with Crippen LogP contribution in [0.2, 0.25) is 0 Å². The highest BCUT2D eigenvalue weighted by atomic mass is 80.0. The number of hydrogen-bond acceptors (Lipinski definition) is 4. The third-order valence-corrected chi connectivity index (χ3v) is 2.42. The first-order valence-electron chi connectivity index (χ1n) is 2.69. The summed E-state index contributed by atoms with van der Waals surface area (Å²) in [4.78, 5) is 0. The van der Waals surface area contributed by atoms with Crippen molar-refractivity contribution in [1.82, 2.24) is 0 Å². The Balaban J connectivity index is 3.39. The Morgan fingerprint density at radius 3 is 2.50 bits per heavy atom. The molecule has 0 unspecified atom stereocenters. The fourth-order valence-corrected chi connectivity index (χ4v) is 2.00. The van der Waals surface area contributed by atoms with Gasteiger partial charge in [-0.1, -0.05) is 15.9 Å². The van der Waals surface area contributed by atoms with Crippen LogP contribution < -0.4 is 14.1 Å². The third-order valence-electron chi connectivity index (χ3n) is 0.859. The molecule has 0 heterocycles. The molecule has 0 rings (SSSR count). The van der Waals surface area contributed by atoms with Crippen LogP contribution in [0, 0.1) is 14.8 Å². The van der Waals surface area contributed by atoms with Gasteiger partial charge >= 0.3 is 14.8 Å². The van der Waals surface area contributed by atoms with Gasteiger partial charge in [-0.15, -0.1) is 0 Å². The van der Waals surface area contributed by atoms with Crippen LogP contribution in [-0.2, 0) is 3.83 Å². The smallest absolute Gasteiger partial charge is 0.372 e. The molecule has 0 aliphatic carbocycles. The summed E-state index contributed by atoms with van der Waals surface area (Å²) in [6.07, 6.45) is 0.264. The number of alkyl halides is 1. The van der Waals surface area contributed by atoms with E-state index in [0.717, 1.165) is 0 Å². The van der Waals surface area contributed by atoms with Crippen molar-refractivity contribution in [3.8, 4) is 0 Å². The van der Waals surface area contributed by atoms with E-state index in [4.69, 9.17) is 5.73 Å². The maximum atomic E-state index is 10.0. The molecule has 0 aromatic rings. The lowest BCUT2D eigenvalue weighted by Crippen LogP contribution is -2.38. The summed E-state index contributed by atoms with van der Waals surface area (Å²) in [7, 11) is 0. The average Bonchev–Trinajstić information content (AvgIpc) is 1.86. The van der Waals surface area contributed by atoms with Gasteiger partial charge in [-0.25, -0.2) is 0 Å². The predicted molar refractivity (Wildman–Crippen MR) is 32.3 cm³/mol. The van der Waals surface area contributed by atoms with E-state index in [1.807, 2.05) is 0 Å². The van der Waals surface area contributed by atoms with Gasteiger partial charge in [0.1, 0.15) is 0 Å². The molecule has 0 amide bonds. The zero-order valence-corrected chi connectivity index (χ0v) is 8.43. The van der Waals surface area contributed by atoms with E-state index in [2.05, 4.69) is 19.8 Å². The molecule has 0 aromatic heterocycles. The zero-order valence-electron chi connectivity index (χ0n) is 5.26. The van der Waals surface area contributed by atoms with Crippen molar-refractivity contribution in [2.75, 3.05) is 11.9 Å². The molecule has 0 bridgehead atoms. The SMILES string of the molecule is NCC[C@@H](CBr)O[Br+2]([O-])[O-]. The summed E-state index contributed by atoms with van der Waals surface area (Å²) in [5, 5.41) is 0.503. The summed E-state index contributed by atoms with van der Waals surface area (Å²) in [5.74, 6) is 0. The Kier molecular flexibility index (Phi) is 7.03. The molecule has 0 spiro atoms. The fourth-order valence-electron chi connectivity index (χ4n) is 0.434. The van der Waals surface area contributed by atoms with Crippen molar-refractivity contribution in [3.05, 3.63) is 0 Å². The van der Waals surface area contributed by atoms with Crippen LogP contribution in [0.15, 0.2) is 0 Å². The Hall–Kier alpha value is 0.800. The first kappa shape index (κ1) is 10.8. The largest absolute Gasteiger partial charge is 0.436 e. The van der Waals surface area contributed by atoms with E-state index in [1.54, 1.807) is 0 Å². The summed E-state index contributed by atoms with van der Waals surface area (Å²) < 4.78 is 24.6. The van der Waals surface area contributed by atoms with E-state index in [-0.39, 0.29) is 6.10 Å². The molecule has 0 aliphatic heterocycles. The summed E-state index contributed by atoms with van der Waals surface area (Å²) >= 11 is 0.0313. The Labute approximate surface area is 73.3 Å². The van der Waals surface area contributed by atoms with Gasteiger partial charge < -0.3 is 14.1 Å². The van der Waals surface area contributed by atoms with Crippen LogP contribution in [0.3, 0.4) is 0 Å². The molecule has 1 atom stereocenters. The van der Waals surface area contributed by atoms with Crippen LogP contribution in [0.1, 0.15) is 6.42 Å². The lowest BCUT2D eigenvalue weighted by Gasteiger charge is -2.03. The molecule has 2 N–H and O–H groups in total. The normalized spacial score (nSPS) is 14.1. The number of rotatable bonds is 5. The van der Waals surface area contributed by atoms with Crippen LogP contribution >= 0.6 is 15.9 Å². The average molecular weight is 279 g/mol. The molecule has 6 heteroatoms. The van der Waals surface area contributed by atoms with E-state index in [1.165, 1.54) is 0 Å². The van der Waals surface area contributed by atoms with Crippen molar-refractivity contribution in [2.45, 2.75) is 12.5 Å². The fraction of sp³-hybridized carbons (Fsp3) is 1.00. The highest BCUT2D eigenvalue weighted by Crippen LogP contribution is 2.02. The third kappa shape index (κ3) is 5.57. The maximum absolute atomic E-state index is 10.0.